The zero-order valence-corrected chi connectivity index (χ0v) is 10.8. The number of hydrogen-bond donors (Lipinski definition) is 3. The molecule has 0 unspecified atom stereocenters. The monoisotopic (exact) mass is 267 g/mol. The minimum atomic E-state index is -1.09. The highest BCUT2D eigenvalue weighted by Crippen LogP contribution is 2.23. The molecule has 0 bridgehead atoms. The van der Waals surface area contributed by atoms with Crippen LogP contribution in [-0.4, -0.2) is 35.2 Å². The molecule has 0 fully saturated rings. The van der Waals surface area contributed by atoms with Crippen molar-refractivity contribution >= 4 is 11.9 Å². The first-order chi connectivity index (χ1) is 8.99. The van der Waals surface area contributed by atoms with Crippen molar-refractivity contribution in [2.45, 2.75) is 25.8 Å². The zero-order valence-electron chi connectivity index (χ0n) is 10.8. The van der Waals surface area contributed by atoms with Crippen LogP contribution >= 0.6 is 0 Å². The average molecular weight is 267 g/mol. The second-order valence-electron chi connectivity index (χ2n) is 4.04. The predicted molar refractivity (Wildman–Crippen MR) is 68.5 cm³/mol. The maximum Gasteiger partial charge on any atom is 0.326 e. The molecule has 0 aliphatic heterocycles. The van der Waals surface area contributed by atoms with Crippen molar-refractivity contribution in [3.8, 4) is 11.5 Å². The minimum Gasteiger partial charge on any atom is -0.507 e. The van der Waals surface area contributed by atoms with Crippen LogP contribution in [0.2, 0.25) is 0 Å². The van der Waals surface area contributed by atoms with E-state index in [1.807, 2.05) is 6.92 Å². The average Bonchev–Trinajstić information content (AvgIpc) is 2.37. The van der Waals surface area contributed by atoms with Crippen LogP contribution in [0.1, 0.15) is 30.1 Å². The van der Waals surface area contributed by atoms with Gasteiger partial charge in [0.2, 0.25) is 0 Å². The Hall–Kier alpha value is -2.24. The number of aromatic hydroxyl groups is 1. The minimum absolute atomic E-state index is 0.0168. The molecule has 0 heterocycles. The highest BCUT2D eigenvalue weighted by Gasteiger charge is 2.21. The van der Waals surface area contributed by atoms with E-state index in [0.29, 0.717) is 18.6 Å². The van der Waals surface area contributed by atoms with Gasteiger partial charge in [-0.05, 0) is 18.6 Å². The van der Waals surface area contributed by atoms with Crippen LogP contribution < -0.4 is 10.1 Å². The second kappa shape index (κ2) is 6.63. The molecule has 6 nitrogen and oxygen atoms in total. The Morgan fingerprint density at radius 3 is 2.58 bits per heavy atom. The van der Waals surface area contributed by atoms with Gasteiger partial charge in [0.25, 0.3) is 5.91 Å². The van der Waals surface area contributed by atoms with Crippen molar-refractivity contribution in [2.75, 3.05) is 7.11 Å². The zero-order chi connectivity index (χ0) is 14.4. The van der Waals surface area contributed by atoms with E-state index in [0.717, 1.165) is 0 Å². The van der Waals surface area contributed by atoms with Gasteiger partial charge in [-0.15, -0.1) is 0 Å². The van der Waals surface area contributed by atoms with Crippen molar-refractivity contribution in [2.24, 2.45) is 0 Å². The van der Waals surface area contributed by atoms with Crippen LogP contribution in [0.5, 0.6) is 11.5 Å². The molecule has 0 radical (unpaired) electrons. The summed E-state index contributed by atoms with van der Waals surface area (Å²) >= 11 is 0. The molecule has 19 heavy (non-hydrogen) atoms. The fourth-order valence-corrected chi connectivity index (χ4v) is 1.61. The van der Waals surface area contributed by atoms with Gasteiger partial charge in [-0.3, -0.25) is 4.79 Å². The Kier molecular flexibility index (Phi) is 5.17. The van der Waals surface area contributed by atoms with E-state index in [1.54, 1.807) is 0 Å². The van der Waals surface area contributed by atoms with E-state index in [9.17, 15) is 14.7 Å². The first kappa shape index (κ1) is 14.8. The van der Waals surface area contributed by atoms with E-state index in [2.05, 4.69) is 5.32 Å². The fourth-order valence-electron chi connectivity index (χ4n) is 1.61. The SMILES string of the molecule is CCC[C@@H](NC(=O)c1ccc(OC)cc1O)C(=O)O. The Morgan fingerprint density at radius 2 is 2.11 bits per heavy atom. The van der Waals surface area contributed by atoms with Gasteiger partial charge >= 0.3 is 5.97 Å². The standard InChI is InChI=1S/C13H17NO5/c1-3-4-10(13(17)18)14-12(16)9-6-5-8(19-2)7-11(9)15/h5-7,10,15H,3-4H2,1-2H3,(H,14,16)(H,17,18)/t10-/m1/s1. The number of aliphatic carboxylic acids is 1. The number of benzene rings is 1. The second-order valence-corrected chi connectivity index (χ2v) is 4.04. The fraction of sp³-hybridized carbons (Fsp3) is 0.385. The number of ether oxygens (including phenoxy) is 1. The first-order valence-corrected chi connectivity index (χ1v) is 5.90. The number of methoxy groups -OCH3 is 1. The number of carbonyl (C=O) groups excluding carboxylic acids is 1. The van der Waals surface area contributed by atoms with Crippen LogP contribution in [0.15, 0.2) is 18.2 Å². The Balaban J connectivity index is 2.85. The molecule has 0 spiro atoms. The summed E-state index contributed by atoms with van der Waals surface area (Å²) in [4.78, 5) is 22.8. The molecule has 0 saturated carbocycles. The van der Waals surface area contributed by atoms with Crippen LogP contribution in [0, 0.1) is 0 Å². The summed E-state index contributed by atoms with van der Waals surface area (Å²) < 4.78 is 4.90. The number of rotatable bonds is 6. The number of carboxylic acids is 1. The Morgan fingerprint density at radius 1 is 1.42 bits per heavy atom. The maximum atomic E-state index is 11.9. The molecule has 0 aliphatic carbocycles. The third-order valence-electron chi connectivity index (χ3n) is 2.63. The van der Waals surface area contributed by atoms with E-state index < -0.39 is 17.9 Å². The van der Waals surface area contributed by atoms with Crippen LogP contribution in [0.25, 0.3) is 0 Å². The molecule has 3 N–H and O–H groups in total. The predicted octanol–water partition coefficient (Wildman–Crippen LogP) is 1.38. The molecule has 1 aromatic rings. The molecule has 0 aliphatic rings. The maximum absolute atomic E-state index is 11.9. The third-order valence-corrected chi connectivity index (χ3v) is 2.63. The number of carboxylic acid groups (broad SMARTS) is 1. The summed E-state index contributed by atoms with van der Waals surface area (Å²) in [5, 5.41) is 21.0. The number of hydrogen-bond acceptors (Lipinski definition) is 4. The molecule has 0 aromatic heterocycles. The van der Waals surface area contributed by atoms with E-state index in [4.69, 9.17) is 9.84 Å². The summed E-state index contributed by atoms with van der Waals surface area (Å²) in [6.07, 6.45) is 0.962. The molecule has 1 amide bonds. The quantitative estimate of drug-likeness (QED) is 0.723. The molecule has 104 valence electrons. The molecule has 1 aromatic carbocycles. The number of nitrogens with one attached hydrogen (secondary N) is 1. The molecular weight excluding hydrogens is 250 g/mol. The van der Waals surface area contributed by atoms with Gasteiger partial charge in [-0.2, -0.15) is 0 Å². The number of phenols is 1. The number of carbonyl (C=O) groups is 2. The summed E-state index contributed by atoms with van der Waals surface area (Å²) in [5.74, 6) is -1.56. The topological polar surface area (TPSA) is 95.9 Å². The third kappa shape index (κ3) is 3.87. The van der Waals surface area contributed by atoms with Crippen molar-refractivity contribution in [3.63, 3.8) is 0 Å². The molecular formula is C13H17NO5. The highest BCUT2D eigenvalue weighted by molar-refractivity contribution is 5.98. The van der Waals surface area contributed by atoms with Gasteiger partial charge in [-0.1, -0.05) is 13.3 Å². The van der Waals surface area contributed by atoms with Crippen molar-refractivity contribution in [1.29, 1.82) is 0 Å². The van der Waals surface area contributed by atoms with Gasteiger partial charge in [-0.25, -0.2) is 4.79 Å². The number of phenolic OH excluding ortho intramolecular Hbond substituents is 1. The van der Waals surface area contributed by atoms with E-state index in [-0.39, 0.29) is 11.3 Å². The number of amides is 1. The highest BCUT2D eigenvalue weighted by atomic mass is 16.5. The Labute approximate surface area is 111 Å². The molecule has 1 atom stereocenters. The lowest BCUT2D eigenvalue weighted by molar-refractivity contribution is -0.139. The summed E-state index contributed by atoms with van der Waals surface area (Å²) in [7, 11) is 1.44. The van der Waals surface area contributed by atoms with E-state index in [1.165, 1.54) is 25.3 Å². The lowest BCUT2D eigenvalue weighted by Gasteiger charge is -2.14. The smallest absolute Gasteiger partial charge is 0.326 e. The molecule has 0 saturated heterocycles. The summed E-state index contributed by atoms with van der Waals surface area (Å²) in [5.41, 5.74) is 0.0168. The lowest BCUT2D eigenvalue weighted by atomic mass is 10.1. The van der Waals surface area contributed by atoms with Gasteiger partial charge in [0.1, 0.15) is 17.5 Å². The van der Waals surface area contributed by atoms with Crippen LogP contribution in [-0.2, 0) is 4.79 Å². The van der Waals surface area contributed by atoms with Crippen molar-refractivity contribution in [3.05, 3.63) is 23.8 Å². The van der Waals surface area contributed by atoms with E-state index >= 15 is 0 Å². The summed E-state index contributed by atoms with van der Waals surface area (Å²) in [6, 6.07) is 3.24. The van der Waals surface area contributed by atoms with Gasteiger partial charge < -0.3 is 20.3 Å². The van der Waals surface area contributed by atoms with Gasteiger partial charge in [0, 0.05) is 6.07 Å². The Bertz CT molecular complexity index is 472. The molecule has 1 rings (SSSR count). The lowest BCUT2D eigenvalue weighted by Crippen LogP contribution is -2.40. The van der Waals surface area contributed by atoms with Crippen LogP contribution in [0.3, 0.4) is 0 Å². The van der Waals surface area contributed by atoms with Crippen molar-refractivity contribution < 1.29 is 24.5 Å². The largest absolute Gasteiger partial charge is 0.507 e. The normalized spacial score (nSPS) is 11.7. The molecule has 6 heteroatoms. The van der Waals surface area contributed by atoms with Gasteiger partial charge in [0.15, 0.2) is 0 Å². The van der Waals surface area contributed by atoms with Crippen LogP contribution in [0.4, 0.5) is 0 Å². The summed E-state index contributed by atoms with van der Waals surface area (Å²) in [6.45, 7) is 1.83. The first-order valence-electron chi connectivity index (χ1n) is 5.90. The van der Waals surface area contributed by atoms with Crippen molar-refractivity contribution in [1.82, 2.24) is 5.32 Å². The van der Waals surface area contributed by atoms with Gasteiger partial charge in [0.05, 0.1) is 12.7 Å².